The van der Waals surface area contributed by atoms with E-state index in [2.05, 4.69) is 22.5 Å². The van der Waals surface area contributed by atoms with Gasteiger partial charge in [-0.05, 0) is 32.8 Å². The summed E-state index contributed by atoms with van der Waals surface area (Å²) in [4.78, 5) is 21.2. The van der Waals surface area contributed by atoms with Gasteiger partial charge in [0, 0.05) is 32.1 Å². The standard InChI is InChI=1S/C10H20N2O.C5H9NO/c1-2-11-10(13)7-8-12-9-5-3-4-6-9;1-3-5(7)6-4-2/h9,12H,2-8H2,1H3,(H,11,13);3H,1,4H2,2H3,(H,6,7). The molecule has 3 N–H and O–H groups in total. The highest BCUT2D eigenvalue weighted by Gasteiger charge is 2.13. The average molecular weight is 283 g/mol. The summed E-state index contributed by atoms with van der Waals surface area (Å²) in [6.45, 7) is 9.32. The quantitative estimate of drug-likeness (QED) is 0.618. The number of hydrogen-bond acceptors (Lipinski definition) is 3. The van der Waals surface area contributed by atoms with Gasteiger partial charge in [0.1, 0.15) is 0 Å². The molecule has 20 heavy (non-hydrogen) atoms. The SMILES string of the molecule is C=CC(=O)NCC.CCNC(=O)CCNC1CCCC1. The monoisotopic (exact) mass is 283 g/mol. The summed E-state index contributed by atoms with van der Waals surface area (Å²) in [5.74, 6) is 0.0514. The van der Waals surface area contributed by atoms with Gasteiger partial charge in [0.2, 0.25) is 11.8 Å². The molecule has 1 rings (SSSR count). The third-order valence-electron chi connectivity index (χ3n) is 3.05. The van der Waals surface area contributed by atoms with Crippen LogP contribution in [0.15, 0.2) is 12.7 Å². The molecule has 0 saturated heterocycles. The van der Waals surface area contributed by atoms with E-state index in [1.54, 1.807) is 0 Å². The van der Waals surface area contributed by atoms with Crippen molar-refractivity contribution in [2.75, 3.05) is 19.6 Å². The molecule has 5 heteroatoms. The second kappa shape index (κ2) is 12.7. The van der Waals surface area contributed by atoms with E-state index in [9.17, 15) is 9.59 Å². The zero-order valence-electron chi connectivity index (χ0n) is 12.8. The molecule has 0 spiro atoms. The largest absolute Gasteiger partial charge is 0.356 e. The van der Waals surface area contributed by atoms with Crippen molar-refractivity contribution in [1.82, 2.24) is 16.0 Å². The Bertz CT molecular complexity index is 287. The number of hydrogen-bond donors (Lipinski definition) is 3. The first-order valence-corrected chi connectivity index (χ1v) is 7.54. The fourth-order valence-electron chi connectivity index (χ4n) is 2.05. The highest BCUT2D eigenvalue weighted by atomic mass is 16.2. The van der Waals surface area contributed by atoms with Crippen LogP contribution in [-0.4, -0.2) is 37.5 Å². The van der Waals surface area contributed by atoms with Crippen molar-refractivity contribution in [1.29, 1.82) is 0 Å². The minimum Gasteiger partial charge on any atom is -0.356 e. The molecule has 116 valence electrons. The summed E-state index contributed by atoms with van der Waals surface area (Å²) in [7, 11) is 0. The van der Waals surface area contributed by atoms with Gasteiger partial charge in [0.05, 0.1) is 0 Å². The Morgan fingerprint density at radius 2 is 1.75 bits per heavy atom. The summed E-state index contributed by atoms with van der Waals surface area (Å²) < 4.78 is 0. The van der Waals surface area contributed by atoms with E-state index in [4.69, 9.17) is 0 Å². The number of likely N-dealkylation sites (N-methyl/N-ethyl adjacent to an activating group) is 1. The fourth-order valence-corrected chi connectivity index (χ4v) is 2.05. The Kier molecular flexibility index (Phi) is 11.8. The van der Waals surface area contributed by atoms with E-state index in [0.717, 1.165) is 13.1 Å². The molecule has 0 aromatic carbocycles. The number of carbonyl (C=O) groups excluding carboxylic acids is 2. The smallest absolute Gasteiger partial charge is 0.243 e. The molecule has 2 amide bonds. The highest BCUT2D eigenvalue weighted by molar-refractivity contribution is 5.86. The van der Waals surface area contributed by atoms with Gasteiger partial charge < -0.3 is 16.0 Å². The van der Waals surface area contributed by atoms with Crippen molar-refractivity contribution in [2.45, 2.75) is 52.0 Å². The zero-order chi connectivity index (χ0) is 15.2. The number of carbonyl (C=O) groups is 2. The maximum Gasteiger partial charge on any atom is 0.243 e. The number of rotatable bonds is 7. The molecule has 0 bridgehead atoms. The number of nitrogens with one attached hydrogen (secondary N) is 3. The molecule has 0 aliphatic heterocycles. The van der Waals surface area contributed by atoms with E-state index in [1.807, 2.05) is 13.8 Å². The van der Waals surface area contributed by atoms with Crippen LogP contribution in [0.25, 0.3) is 0 Å². The molecule has 0 unspecified atom stereocenters. The van der Waals surface area contributed by atoms with Gasteiger partial charge in [-0.15, -0.1) is 0 Å². The van der Waals surface area contributed by atoms with Crippen LogP contribution >= 0.6 is 0 Å². The minimum atomic E-state index is -0.109. The summed E-state index contributed by atoms with van der Waals surface area (Å²) in [6, 6.07) is 0.675. The van der Waals surface area contributed by atoms with Crippen LogP contribution in [0, 0.1) is 0 Å². The highest BCUT2D eigenvalue weighted by Crippen LogP contribution is 2.17. The lowest BCUT2D eigenvalue weighted by Gasteiger charge is -2.10. The second-order valence-corrected chi connectivity index (χ2v) is 4.74. The summed E-state index contributed by atoms with van der Waals surface area (Å²) in [5.41, 5.74) is 0. The fraction of sp³-hybridized carbons (Fsp3) is 0.733. The van der Waals surface area contributed by atoms with Gasteiger partial charge in [0.15, 0.2) is 0 Å². The second-order valence-electron chi connectivity index (χ2n) is 4.74. The van der Waals surface area contributed by atoms with Crippen LogP contribution in [-0.2, 0) is 9.59 Å². The Labute approximate surface area is 122 Å². The lowest BCUT2D eigenvalue weighted by atomic mass is 10.2. The lowest BCUT2D eigenvalue weighted by molar-refractivity contribution is -0.121. The van der Waals surface area contributed by atoms with E-state index >= 15 is 0 Å². The van der Waals surface area contributed by atoms with Crippen molar-refractivity contribution in [3.8, 4) is 0 Å². The van der Waals surface area contributed by atoms with Gasteiger partial charge in [-0.25, -0.2) is 0 Å². The van der Waals surface area contributed by atoms with Crippen molar-refractivity contribution >= 4 is 11.8 Å². The summed E-state index contributed by atoms with van der Waals surface area (Å²) >= 11 is 0. The first kappa shape index (κ1) is 18.6. The van der Waals surface area contributed by atoms with Crippen LogP contribution in [0.4, 0.5) is 0 Å². The Morgan fingerprint density at radius 3 is 2.20 bits per heavy atom. The predicted molar refractivity (Wildman–Crippen MR) is 82.4 cm³/mol. The maximum atomic E-state index is 11.1. The first-order chi connectivity index (χ1) is 9.63. The zero-order valence-corrected chi connectivity index (χ0v) is 12.8. The van der Waals surface area contributed by atoms with Crippen LogP contribution < -0.4 is 16.0 Å². The maximum absolute atomic E-state index is 11.1. The molecule has 0 atom stereocenters. The molecular formula is C15H29N3O2. The minimum absolute atomic E-state index is 0.109. The van der Waals surface area contributed by atoms with Crippen molar-refractivity contribution in [3.63, 3.8) is 0 Å². The molecule has 0 aromatic rings. The van der Waals surface area contributed by atoms with E-state index in [-0.39, 0.29) is 11.8 Å². The van der Waals surface area contributed by atoms with Crippen molar-refractivity contribution in [3.05, 3.63) is 12.7 Å². The van der Waals surface area contributed by atoms with Crippen LogP contribution in [0.1, 0.15) is 46.0 Å². The molecule has 0 heterocycles. The van der Waals surface area contributed by atoms with Gasteiger partial charge in [-0.1, -0.05) is 19.4 Å². The van der Waals surface area contributed by atoms with Gasteiger partial charge >= 0.3 is 0 Å². The van der Waals surface area contributed by atoms with Crippen molar-refractivity contribution in [2.24, 2.45) is 0 Å². The van der Waals surface area contributed by atoms with E-state index < -0.39 is 0 Å². The molecule has 1 aliphatic carbocycles. The summed E-state index contributed by atoms with van der Waals surface area (Å²) in [6.07, 6.45) is 7.14. The molecule has 1 saturated carbocycles. The van der Waals surface area contributed by atoms with Gasteiger partial charge in [0.25, 0.3) is 0 Å². The molecule has 0 radical (unpaired) electrons. The Balaban J connectivity index is 0.000000441. The Morgan fingerprint density at radius 1 is 1.15 bits per heavy atom. The lowest BCUT2D eigenvalue weighted by Crippen LogP contribution is -2.31. The van der Waals surface area contributed by atoms with Gasteiger partial charge in [-0.3, -0.25) is 9.59 Å². The molecule has 0 aromatic heterocycles. The van der Waals surface area contributed by atoms with Gasteiger partial charge in [-0.2, -0.15) is 0 Å². The summed E-state index contributed by atoms with van der Waals surface area (Å²) in [5, 5.41) is 8.74. The average Bonchev–Trinajstić information content (AvgIpc) is 2.93. The molecule has 1 aliphatic rings. The Hall–Kier alpha value is -1.36. The topological polar surface area (TPSA) is 70.2 Å². The van der Waals surface area contributed by atoms with Crippen molar-refractivity contribution < 1.29 is 9.59 Å². The molecule has 5 nitrogen and oxygen atoms in total. The van der Waals surface area contributed by atoms with E-state index in [0.29, 0.717) is 19.0 Å². The van der Waals surface area contributed by atoms with Crippen LogP contribution in [0.3, 0.4) is 0 Å². The normalized spacial score (nSPS) is 14.1. The van der Waals surface area contributed by atoms with Crippen LogP contribution in [0.5, 0.6) is 0 Å². The third-order valence-corrected chi connectivity index (χ3v) is 3.05. The van der Waals surface area contributed by atoms with E-state index in [1.165, 1.54) is 31.8 Å². The molecular weight excluding hydrogens is 254 g/mol. The predicted octanol–water partition coefficient (Wildman–Crippen LogP) is 1.35. The molecule has 1 fully saturated rings. The third kappa shape index (κ3) is 10.6. The number of amides is 2. The first-order valence-electron chi connectivity index (χ1n) is 7.54. The van der Waals surface area contributed by atoms with Crippen LogP contribution in [0.2, 0.25) is 0 Å².